The van der Waals surface area contributed by atoms with E-state index in [0.29, 0.717) is 41.8 Å². The number of ether oxygens (including phenoxy) is 1. The van der Waals surface area contributed by atoms with E-state index in [2.05, 4.69) is 10.6 Å². The Hall–Kier alpha value is -1.75. The summed E-state index contributed by atoms with van der Waals surface area (Å²) >= 11 is 6.07. The first-order valence-electron chi connectivity index (χ1n) is 7.74. The van der Waals surface area contributed by atoms with Crippen molar-refractivity contribution in [2.24, 2.45) is 11.3 Å². The van der Waals surface area contributed by atoms with E-state index in [0.717, 1.165) is 5.56 Å². The molecule has 0 saturated heterocycles. The second-order valence-corrected chi connectivity index (χ2v) is 6.85. The number of carbonyl (C=O) groups is 2. The molecule has 0 aromatic heterocycles. The van der Waals surface area contributed by atoms with Gasteiger partial charge in [-0.05, 0) is 37.3 Å². The molecule has 0 spiro atoms. The second-order valence-electron chi connectivity index (χ2n) is 6.44. The Morgan fingerprint density at radius 1 is 1.30 bits per heavy atom. The van der Waals surface area contributed by atoms with Crippen molar-refractivity contribution in [2.75, 3.05) is 19.0 Å². The Labute approximate surface area is 141 Å². The van der Waals surface area contributed by atoms with Gasteiger partial charge >= 0.3 is 0 Å². The van der Waals surface area contributed by atoms with Crippen molar-refractivity contribution in [1.82, 2.24) is 5.32 Å². The highest BCUT2D eigenvalue weighted by atomic mass is 35.5. The van der Waals surface area contributed by atoms with Crippen LogP contribution in [0.15, 0.2) is 12.1 Å². The van der Waals surface area contributed by atoms with Crippen LogP contribution in [0, 0.1) is 18.3 Å². The summed E-state index contributed by atoms with van der Waals surface area (Å²) in [6, 6.07) is 3.41. The van der Waals surface area contributed by atoms with E-state index in [1.54, 1.807) is 12.1 Å². The zero-order chi connectivity index (χ0) is 17.2. The fraction of sp³-hybridized carbons (Fsp3) is 0.529. The maximum atomic E-state index is 12.6. The summed E-state index contributed by atoms with van der Waals surface area (Å²) in [7, 11) is 1.51. The molecule has 1 aromatic rings. The summed E-state index contributed by atoms with van der Waals surface area (Å²) in [5.74, 6) is 0.330. The minimum Gasteiger partial charge on any atom is -0.495 e. The lowest BCUT2D eigenvalue weighted by Crippen LogP contribution is -2.41. The van der Waals surface area contributed by atoms with Crippen LogP contribution in [-0.2, 0) is 9.59 Å². The predicted molar refractivity (Wildman–Crippen MR) is 90.9 cm³/mol. The van der Waals surface area contributed by atoms with Gasteiger partial charge in [0.25, 0.3) is 0 Å². The number of hydrogen-bond acceptors (Lipinski definition) is 3. The van der Waals surface area contributed by atoms with Gasteiger partial charge in [-0.1, -0.05) is 25.4 Å². The van der Waals surface area contributed by atoms with E-state index < -0.39 is 5.41 Å². The lowest BCUT2D eigenvalue weighted by atomic mass is 10.0. The first kappa shape index (κ1) is 17.6. The van der Waals surface area contributed by atoms with E-state index in [4.69, 9.17) is 16.3 Å². The van der Waals surface area contributed by atoms with Gasteiger partial charge < -0.3 is 15.4 Å². The van der Waals surface area contributed by atoms with Crippen LogP contribution >= 0.6 is 11.6 Å². The molecule has 2 N–H and O–H groups in total. The van der Waals surface area contributed by atoms with Crippen molar-refractivity contribution in [3.8, 4) is 5.75 Å². The number of anilines is 1. The Bertz CT molecular complexity index is 625. The van der Waals surface area contributed by atoms with Crippen LogP contribution < -0.4 is 15.4 Å². The zero-order valence-corrected chi connectivity index (χ0v) is 14.7. The van der Waals surface area contributed by atoms with Gasteiger partial charge in [0.05, 0.1) is 12.8 Å². The Balaban J connectivity index is 2.13. The Kier molecular flexibility index (Phi) is 5.19. The topological polar surface area (TPSA) is 67.4 Å². The van der Waals surface area contributed by atoms with Crippen molar-refractivity contribution in [2.45, 2.75) is 33.6 Å². The van der Waals surface area contributed by atoms with Crippen LogP contribution in [0.3, 0.4) is 0 Å². The van der Waals surface area contributed by atoms with Crippen molar-refractivity contribution in [3.05, 3.63) is 22.7 Å². The van der Waals surface area contributed by atoms with Crippen molar-refractivity contribution in [3.63, 3.8) is 0 Å². The van der Waals surface area contributed by atoms with Crippen LogP contribution in [0.2, 0.25) is 5.02 Å². The average Bonchev–Trinajstić information content (AvgIpc) is 3.30. The first-order valence-corrected chi connectivity index (χ1v) is 8.12. The second kappa shape index (κ2) is 6.79. The quantitative estimate of drug-likeness (QED) is 0.783. The third kappa shape index (κ3) is 3.78. The molecule has 2 rings (SSSR count). The van der Waals surface area contributed by atoms with Gasteiger partial charge in [-0.2, -0.15) is 0 Å². The molecule has 1 aliphatic carbocycles. The predicted octanol–water partition coefficient (Wildman–Crippen LogP) is 3.15. The number of aryl methyl sites for hydroxylation is 1. The van der Waals surface area contributed by atoms with Crippen LogP contribution in [0.4, 0.5) is 5.69 Å². The highest BCUT2D eigenvalue weighted by Crippen LogP contribution is 2.47. The summed E-state index contributed by atoms with van der Waals surface area (Å²) < 4.78 is 5.25. The molecule has 126 valence electrons. The molecule has 0 bridgehead atoms. The molecule has 0 atom stereocenters. The molecule has 0 radical (unpaired) electrons. The third-order valence-electron chi connectivity index (χ3n) is 4.02. The van der Waals surface area contributed by atoms with E-state index in [1.807, 2.05) is 20.8 Å². The number of rotatable bonds is 6. The summed E-state index contributed by atoms with van der Waals surface area (Å²) in [6.07, 6.45) is 1.13. The largest absolute Gasteiger partial charge is 0.495 e. The standard InChI is InChI=1S/C17H23ClN2O3/c1-10(2)9-19-15(21)17(5-6-17)16(22)20-13-7-11(3)12(18)8-14(13)23-4/h7-8,10H,5-6,9H2,1-4H3,(H,19,21)(H,20,22). The molecule has 1 fully saturated rings. The number of nitrogens with one attached hydrogen (secondary N) is 2. The van der Waals surface area contributed by atoms with E-state index in [9.17, 15) is 9.59 Å². The number of hydrogen-bond donors (Lipinski definition) is 2. The molecule has 1 aromatic carbocycles. The van der Waals surface area contributed by atoms with Crippen LogP contribution in [0.25, 0.3) is 0 Å². The van der Waals surface area contributed by atoms with Gasteiger partial charge in [0.1, 0.15) is 11.2 Å². The molecule has 0 aliphatic heterocycles. The molecular formula is C17H23ClN2O3. The fourth-order valence-electron chi connectivity index (χ4n) is 2.32. The van der Waals surface area contributed by atoms with Crippen molar-refractivity contribution >= 4 is 29.1 Å². The molecule has 6 heteroatoms. The molecule has 0 unspecified atom stereocenters. The minimum atomic E-state index is -0.951. The van der Waals surface area contributed by atoms with Gasteiger partial charge in [0.2, 0.25) is 11.8 Å². The molecule has 23 heavy (non-hydrogen) atoms. The maximum Gasteiger partial charge on any atom is 0.240 e. The normalized spacial score (nSPS) is 15.2. The van der Waals surface area contributed by atoms with Crippen LogP contribution in [-0.4, -0.2) is 25.5 Å². The van der Waals surface area contributed by atoms with Crippen molar-refractivity contribution < 1.29 is 14.3 Å². The smallest absolute Gasteiger partial charge is 0.240 e. The molecular weight excluding hydrogens is 316 g/mol. The third-order valence-corrected chi connectivity index (χ3v) is 4.43. The van der Waals surface area contributed by atoms with Gasteiger partial charge in [-0.3, -0.25) is 9.59 Å². The molecule has 2 amide bonds. The molecule has 1 aliphatic rings. The monoisotopic (exact) mass is 338 g/mol. The first-order chi connectivity index (χ1) is 10.8. The van der Waals surface area contributed by atoms with Gasteiger partial charge in [0, 0.05) is 17.6 Å². The minimum absolute atomic E-state index is 0.201. The Morgan fingerprint density at radius 2 is 1.96 bits per heavy atom. The maximum absolute atomic E-state index is 12.6. The SMILES string of the molecule is COc1cc(Cl)c(C)cc1NC(=O)C1(C(=O)NCC(C)C)CC1. The summed E-state index contributed by atoms with van der Waals surface area (Å²) in [4.78, 5) is 24.9. The lowest BCUT2D eigenvalue weighted by molar-refractivity contribution is -0.134. The number of halogens is 1. The zero-order valence-electron chi connectivity index (χ0n) is 14.0. The number of benzene rings is 1. The fourth-order valence-corrected chi connectivity index (χ4v) is 2.47. The molecule has 5 nitrogen and oxygen atoms in total. The molecule has 0 heterocycles. The number of carbonyl (C=O) groups excluding carboxylic acids is 2. The molecule has 1 saturated carbocycles. The lowest BCUT2D eigenvalue weighted by Gasteiger charge is -2.18. The van der Waals surface area contributed by atoms with Gasteiger partial charge in [0.15, 0.2) is 0 Å². The average molecular weight is 339 g/mol. The number of amides is 2. The highest BCUT2D eigenvalue weighted by Gasteiger charge is 2.56. The van der Waals surface area contributed by atoms with E-state index in [1.165, 1.54) is 7.11 Å². The van der Waals surface area contributed by atoms with Gasteiger partial charge in [-0.15, -0.1) is 0 Å². The van der Waals surface area contributed by atoms with Crippen LogP contribution in [0.5, 0.6) is 5.75 Å². The Morgan fingerprint density at radius 3 is 2.48 bits per heavy atom. The van der Waals surface area contributed by atoms with E-state index in [-0.39, 0.29) is 11.8 Å². The summed E-state index contributed by atoms with van der Waals surface area (Å²) in [5.41, 5.74) is 0.409. The summed E-state index contributed by atoms with van der Waals surface area (Å²) in [6.45, 7) is 6.44. The van der Waals surface area contributed by atoms with E-state index >= 15 is 0 Å². The van der Waals surface area contributed by atoms with Crippen molar-refractivity contribution in [1.29, 1.82) is 0 Å². The van der Waals surface area contributed by atoms with Crippen LogP contribution in [0.1, 0.15) is 32.3 Å². The van der Waals surface area contributed by atoms with Gasteiger partial charge in [-0.25, -0.2) is 0 Å². The highest BCUT2D eigenvalue weighted by molar-refractivity contribution is 6.31. The number of methoxy groups -OCH3 is 1. The summed E-state index contributed by atoms with van der Waals surface area (Å²) in [5, 5.41) is 6.23.